The SMILES string of the molecule is CCOc1ccc(C23CCC(C)(CC2)CC3)c(F)c1F. The molecule has 0 amide bonds. The molecule has 0 aliphatic heterocycles. The zero-order valence-corrected chi connectivity index (χ0v) is 12.3. The highest BCUT2D eigenvalue weighted by molar-refractivity contribution is 5.37. The van der Waals surface area contributed by atoms with Gasteiger partial charge in [0.25, 0.3) is 0 Å². The van der Waals surface area contributed by atoms with Crippen molar-refractivity contribution in [2.75, 3.05) is 6.61 Å². The fourth-order valence-corrected chi connectivity index (χ4v) is 3.99. The van der Waals surface area contributed by atoms with E-state index in [2.05, 4.69) is 6.92 Å². The fourth-order valence-electron chi connectivity index (χ4n) is 3.99. The van der Waals surface area contributed by atoms with Gasteiger partial charge in [-0.1, -0.05) is 13.0 Å². The molecule has 3 saturated carbocycles. The van der Waals surface area contributed by atoms with Crippen molar-refractivity contribution in [1.29, 1.82) is 0 Å². The van der Waals surface area contributed by atoms with Crippen LogP contribution < -0.4 is 4.74 Å². The van der Waals surface area contributed by atoms with Crippen LogP contribution in [-0.4, -0.2) is 6.61 Å². The van der Waals surface area contributed by atoms with Crippen LogP contribution in [0.2, 0.25) is 0 Å². The molecule has 3 heteroatoms. The first-order chi connectivity index (χ1) is 9.50. The summed E-state index contributed by atoms with van der Waals surface area (Å²) in [5.74, 6) is -1.49. The highest BCUT2D eigenvalue weighted by Crippen LogP contribution is 2.58. The number of ether oxygens (including phenoxy) is 1. The molecule has 3 aliphatic carbocycles. The number of halogens is 2. The average Bonchev–Trinajstić information content (AvgIpc) is 2.46. The second-order valence-corrected chi connectivity index (χ2v) is 6.76. The zero-order valence-electron chi connectivity index (χ0n) is 12.3. The monoisotopic (exact) mass is 280 g/mol. The molecule has 0 N–H and O–H groups in total. The molecule has 0 spiro atoms. The Morgan fingerprint density at radius 2 is 1.60 bits per heavy atom. The highest BCUT2D eigenvalue weighted by atomic mass is 19.2. The van der Waals surface area contributed by atoms with Crippen molar-refractivity contribution < 1.29 is 13.5 Å². The summed E-state index contributed by atoms with van der Waals surface area (Å²) in [5, 5.41) is 0. The summed E-state index contributed by atoms with van der Waals surface area (Å²) in [6.45, 7) is 4.44. The molecule has 20 heavy (non-hydrogen) atoms. The third kappa shape index (κ3) is 2.02. The van der Waals surface area contributed by atoms with E-state index in [1.807, 2.05) is 0 Å². The van der Waals surface area contributed by atoms with Crippen LogP contribution in [0.1, 0.15) is 57.9 Å². The Morgan fingerprint density at radius 1 is 1.00 bits per heavy atom. The van der Waals surface area contributed by atoms with Gasteiger partial charge >= 0.3 is 0 Å². The van der Waals surface area contributed by atoms with Crippen LogP contribution in [0, 0.1) is 17.0 Å². The van der Waals surface area contributed by atoms with Gasteiger partial charge in [-0.25, -0.2) is 4.39 Å². The minimum absolute atomic E-state index is 0.0293. The number of benzene rings is 1. The Hall–Kier alpha value is -1.12. The van der Waals surface area contributed by atoms with Gasteiger partial charge in [0.05, 0.1) is 6.61 Å². The Morgan fingerprint density at radius 3 is 2.15 bits per heavy atom. The van der Waals surface area contributed by atoms with Crippen molar-refractivity contribution in [3.05, 3.63) is 29.3 Å². The molecule has 1 aromatic carbocycles. The van der Waals surface area contributed by atoms with Crippen LogP contribution in [-0.2, 0) is 5.41 Å². The summed E-state index contributed by atoms with van der Waals surface area (Å²) in [5.41, 5.74) is 0.857. The molecule has 1 aromatic rings. The molecule has 0 atom stereocenters. The standard InChI is InChI=1S/C17H22F2O/c1-3-20-13-5-4-12(14(18)15(13)19)17-9-6-16(2,7-10-17)8-11-17/h4-5H,3,6-11H2,1-2H3. The summed E-state index contributed by atoms with van der Waals surface area (Å²) >= 11 is 0. The first-order valence-corrected chi connectivity index (χ1v) is 7.61. The molecular formula is C17H22F2O. The van der Waals surface area contributed by atoms with E-state index in [1.165, 1.54) is 0 Å². The second-order valence-electron chi connectivity index (χ2n) is 6.76. The van der Waals surface area contributed by atoms with E-state index in [0.717, 1.165) is 38.5 Å². The molecule has 3 fully saturated rings. The maximum atomic E-state index is 14.5. The molecule has 1 nitrogen and oxygen atoms in total. The fraction of sp³-hybridized carbons (Fsp3) is 0.647. The molecule has 4 rings (SSSR count). The first kappa shape index (κ1) is 13.8. The van der Waals surface area contributed by atoms with Crippen molar-refractivity contribution in [2.45, 2.75) is 57.8 Å². The minimum Gasteiger partial charge on any atom is -0.491 e. The lowest BCUT2D eigenvalue weighted by atomic mass is 9.52. The maximum absolute atomic E-state index is 14.5. The third-order valence-corrected chi connectivity index (χ3v) is 5.54. The highest BCUT2D eigenvalue weighted by Gasteiger charge is 2.48. The van der Waals surface area contributed by atoms with Crippen molar-refractivity contribution in [3.8, 4) is 5.75 Å². The molecule has 0 aromatic heterocycles. The van der Waals surface area contributed by atoms with E-state index in [9.17, 15) is 8.78 Å². The van der Waals surface area contributed by atoms with Gasteiger partial charge in [0.1, 0.15) is 0 Å². The van der Waals surface area contributed by atoms with Crippen molar-refractivity contribution >= 4 is 0 Å². The molecular weight excluding hydrogens is 258 g/mol. The number of rotatable bonds is 3. The molecule has 0 radical (unpaired) electrons. The summed E-state index contributed by atoms with van der Waals surface area (Å²) in [6, 6.07) is 3.34. The lowest BCUT2D eigenvalue weighted by molar-refractivity contribution is 0.0531. The number of fused-ring (bicyclic) bond motifs is 3. The van der Waals surface area contributed by atoms with Gasteiger partial charge < -0.3 is 4.74 Å². The van der Waals surface area contributed by atoms with Crippen LogP contribution in [0.15, 0.2) is 12.1 Å². The smallest absolute Gasteiger partial charge is 0.200 e. The van der Waals surface area contributed by atoms with E-state index in [-0.39, 0.29) is 11.2 Å². The van der Waals surface area contributed by atoms with Crippen LogP contribution >= 0.6 is 0 Å². The average molecular weight is 280 g/mol. The molecule has 0 saturated heterocycles. The van der Waals surface area contributed by atoms with Gasteiger partial charge in [0, 0.05) is 0 Å². The van der Waals surface area contributed by atoms with Gasteiger partial charge in [-0.05, 0) is 67.9 Å². The summed E-state index contributed by atoms with van der Waals surface area (Å²) in [6.07, 6.45) is 6.32. The van der Waals surface area contributed by atoms with E-state index in [1.54, 1.807) is 19.1 Å². The van der Waals surface area contributed by atoms with E-state index in [4.69, 9.17) is 4.74 Å². The van der Waals surface area contributed by atoms with Crippen molar-refractivity contribution in [3.63, 3.8) is 0 Å². The summed E-state index contributed by atoms with van der Waals surface area (Å²) in [7, 11) is 0. The van der Waals surface area contributed by atoms with E-state index >= 15 is 0 Å². The van der Waals surface area contributed by atoms with Crippen molar-refractivity contribution in [1.82, 2.24) is 0 Å². The van der Waals surface area contributed by atoms with Crippen LogP contribution in [0.25, 0.3) is 0 Å². The quantitative estimate of drug-likeness (QED) is 0.759. The lowest BCUT2D eigenvalue weighted by Gasteiger charge is -2.52. The molecule has 0 heterocycles. The van der Waals surface area contributed by atoms with Gasteiger partial charge in [0.15, 0.2) is 11.6 Å². The molecule has 3 aliphatic rings. The third-order valence-electron chi connectivity index (χ3n) is 5.54. The normalized spacial score (nSPS) is 32.4. The topological polar surface area (TPSA) is 9.23 Å². The molecule has 0 unspecified atom stereocenters. The van der Waals surface area contributed by atoms with Gasteiger partial charge in [-0.15, -0.1) is 0 Å². The predicted octanol–water partition coefficient (Wildman–Crippen LogP) is 4.98. The zero-order chi connectivity index (χ0) is 14.4. The Bertz CT molecular complexity index is 499. The van der Waals surface area contributed by atoms with E-state index in [0.29, 0.717) is 17.6 Å². The number of hydrogen-bond donors (Lipinski definition) is 0. The van der Waals surface area contributed by atoms with Crippen LogP contribution in [0.4, 0.5) is 8.78 Å². The Labute approximate surface area is 119 Å². The predicted molar refractivity (Wildman–Crippen MR) is 75.0 cm³/mol. The summed E-state index contributed by atoms with van der Waals surface area (Å²) < 4.78 is 33.7. The Balaban J connectivity index is 1.97. The first-order valence-electron chi connectivity index (χ1n) is 7.61. The van der Waals surface area contributed by atoms with Gasteiger partial charge in [-0.2, -0.15) is 4.39 Å². The minimum atomic E-state index is -0.822. The number of hydrogen-bond acceptors (Lipinski definition) is 1. The second kappa shape index (κ2) is 4.71. The Kier molecular flexibility index (Phi) is 3.26. The van der Waals surface area contributed by atoms with Gasteiger partial charge in [-0.3, -0.25) is 0 Å². The maximum Gasteiger partial charge on any atom is 0.200 e. The molecule has 110 valence electrons. The lowest BCUT2D eigenvalue weighted by Crippen LogP contribution is -2.43. The van der Waals surface area contributed by atoms with Crippen LogP contribution in [0.5, 0.6) is 5.75 Å². The van der Waals surface area contributed by atoms with Crippen LogP contribution in [0.3, 0.4) is 0 Å². The molecule has 2 bridgehead atoms. The van der Waals surface area contributed by atoms with E-state index < -0.39 is 11.6 Å². The largest absolute Gasteiger partial charge is 0.491 e. The van der Waals surface area contributed by atoms with Crippen molar-refractivity contribution in [2.24, 2.45) is 5.41 Å². The van der Waals surface area contributed by atoms with Gasteiger partial charge in [0.2, 0.25) is 5.82 Å². The summed E-state index contributed by atoms with van der Waals surface area (Å²) in [4.78, 5) is 0.